The second-order valence-corrected chi connectivity index (χ2v) is 9.26. The fourth-order valence-corrected chi connectivity index (χ4v) is 2.76. The smallest absolute Gasteiger partial charge is 0.322 e. The first kappa shape index (κ1) is 24.0. The van der Waals surface area contributed by atoms with Crippen molar-refractivity contribution < 1.29 is 23.8 Å². The highest BCUT2D eigenvalue weighted by atomic mass is 16.6. The first-order chi connectivity index (χ1) is 12.7. The number of nitrogens with two attached hydrogens (primary N) is 1. The third kappa shape index (κ3) is 5.96. The van der Waals surface area contributed by atoms with Crippen LogP contribution in [0.3, 0.4) is 0 Å². The summed E-state index contributed by atoms with van der Waals surface area (Å²) in [7, 11) is 2.83. The van der Waals surface area contributed by atoms with E-state index in [2.05, 4.69) is 52.3 Å². The lowest BCUT2D eigenvalue weighted by Gasteiger charge is -2.28. The predicted octanol–water partition coefficient (Wildman–Crippen LogP) is 3.72. The molecule has 6 heteroatoms. The van der Waals surface area contributed by atoms with E-state index in [0.29, 0.717) is 11.5 Å². The maximum absolute atomic E-state index is 12.6. The number of benzene rings is 1. The van der Waals surface area contributed by atoms with Gasteiger partial charge >= 0.3 is 11.9 Å². The van der Waals surface area contributed by atoms with Gasteiger partial charge in [0.05, 0.1) is 20.6 Å². The van der Waals surface area contributed by atoms with E-state index >= 15 is 0 Å². The van der Waals surface area contributed by atoms with Crippen molar-refractivity contribution in [2.75, 3.05) is 14.2 Å². The molecule has 0 saturated carbocycles. The van der Waals surface area contributed by atoms with Crippen molar-refractivity contribution in [3.05, 3.63) is 23.3 Å². The summed E-state index contributed by atoms with van der Waals surface area (Å²) in [6, 6.07) is 3.08. The van der Waals surface area contributed by atoms with Gasteiger partial charge in [0.25, 0.3) is 0 Å². The molecule has 0 spiro atoms. The van der Waals surface area contributed by atoms with Crippen LogP contribution in [0.5, 0.6) is 11.5 Å². The molecule has 2 N–H and O–H groups in total. The number of carbonyl (C=O) groups is 2. The Balaban J connectivity index is 3.25. The van der Waals surface area contributed by atoms with E-state index < -0.39 is 23.9 Å². The van der Waals surface area contributed by atoms with Gasteiger partial charge in [-0.1, -0.05) is 54.5 Å². The summed E-state index contributed by atoms with van der Waals surface area (Å²) >= 11 is 0. The Bertz CT molecular complexity index is 713. The molecule has 2 atom stereocenters. The maximum atomic E-state index is 12.6. The first-order valence-electron chi connectivity index (χ1n) is 9.49. The van der Waals surface area contributed by atoms with Gasteiger partial charge < -0.3 is 19.9 Å². The minimum absolute atomic E-state index is 0.00989. The molecule has 1 rings (SSSR count). The molecule has 0 aliphatic heterocycles. The van der Waals surface area contributed by atoms with Crippen molar-refractivity contribution in [2.24, 2.45) is 11.7 Å². The van der Waals surface area contributed by atoms with Gasteiger partial charge in [0.1, 0.15) is 6.04 Å². The molecular formula is C22H35NO5. The zero-order chi connectivity index (χ0) is 21.9. The number of rotatable bonds is 6. The van der Waals surface area contributed by atoms with E-state index in [4.69, 9.17) is 15.2 Å². The van der Waals surface area contributed by atoms with Crippen LogP contribution in [0, 0.1) is 5.92 Å². The van der Waals surface area contributed by atoms with Gasteiger partial charge in [-0.15, -0.1) is 0 Å². The Hall–Kier alpha value is -2.08. The summed E-state index contributed by atoms with van der Waals surface area (Å²) < 4.78 is 15.9. The van der Waals surface area contributed by atoms with Gasteiger partial charge in [-0.2, -0.15) is 0 Å². The fourth-order valence-electron chi connectivity index (χ4n) is 2.76. The standard InChI is InChI=1S/C22H35NO5/c1-13(18(23)20(25)27-9)10-17(24)28-19-15(22(5,6)7)11-14(21(2,3)4)12-16(19)26-8/h11-13,18H,10,23H2,1-9H3/t13?,18-/m1/s1. The molecule has 0 aliphatic carbocycles. The number of hydrogen-bond donors (Lipinski definition) is 1. The summed E-state index contributed by atoms with van der Waals surface area (Å²) in [4.78, 5) is 24.2. The average molecular weight is 394 g/mol. The van der Waals surface area contributed by atoms with Crippen LogP contribution in [0.2, 0.25) is 0 Å². The van der Waals surface area contributed by atoms with Crippen LogP contribution in [0.4, 0.5) is 0 Å². The van der Waals surface area contributed by atoms with Crippen molar-refractivity contribution in [2.45, 2.75) is 71.8 Å². The molecule has 0 aliphatic rings. The minimum Gasteiger partial charge on any atom is -0.493 e. The zero-order valence-electron chi connectivity index (χ0n) is 18.6. The first-order valence-corrected chi connectivity index (χ1v) is 9.49. The summed E-state index contributed by atoms with van der Waals surface area (Å²) in [5.74, 6) is -0.526. The van der Waals surface area contributed by atoms with Crippen molar-refractivity contribution >= 4 is 11.9 Å². The molecule has 0 radical (unpaired) electrons. The van der Waals surface area contributed by atoms with Crippen LogP contribution in [0.15, 0.2) is 12.1 Å². The zero-order valence-corrected chi connectivity index (χ0v) is 18.6. The number of hydrogen-bond acceptors (Lipinski definition) is 6. The van der Waals surface area contributed by atoms with Gasteiger partial charge in [0, 0.05) is 5.56 Å². The molecular weight excluding hydrogens is 358 g/mol. The highest BCUT2D eigenvalue weighted by molar-refractivity contribution is 5.79. The molecule has 158 valence electrons. The molecule has 1 aromatic carbocycles. The molecule has 0 amide bonds. The summed E-state index contributed by atoms with van der Waals surface area (Å²) in [5.41, 5.74) is 7.45. The molecule has 0 saturated heterocycles. The molecule has 1 unspecified atom stereocenters. The normalized spacial score (nSPS) is 14.2. The van der Waals surface area contributed by atoms with Gasteiger partial charge in [-0.05, 0) is 28.4 Å². The van der Waals surface area contributed by atoms with E-state index in [-0.39, 0.29) is 17.3 Å². The fraction of sp³-hybridized carbons (Fsp3) is 0.636. The molecule has 0 aromatic heterocycles. The Morgan fingerprint density at radius 3 is 2.04 bits per heavy atom. The quantitative estimate of drug-likeness (QED) is 0.585. The van der Waals surface area contributed by atoms with Crippen molar-refractivity contribution in [3.8, 4) is 11.5 Å². The van der Waals surface area contributed by atoms with E-state index in [9.17, 15) is 9.59 Å². The summed E-state index contributed by atoms with van der Waals surface area (Å²) in [6.07, 6.45) is -0.00989. The molecule has 0 bridgehead atoms. The van der Waals surface area contributed by atoms with E-state index in [1.165, 1.54) is 7.11 Å². The highest BCUT2D eigenvalue weighted by Crippen LogP contribution is 2.42. The number of ether oxygens (including phenoxy) is 3. The number of carbonyl (C=O) groups excluding carboxylic acids is 2. The van der Waals surface area contributed by atoms with Crippen LogP contribution in [-0.2, 0) is 25.2 Å². The Labute approximate surface area is 168 Å². The van der Waals surface area contributed by atoms with E-state index in [0.717, 1.165) is 11.1 Å². The van der Waals surface area contributed by atoms with Gasteiger partial charge in [-0.25, -0.2) is 0 Å². The lowest BCUT2D eigenvalue weighted by Crippen LogP contribution is -2.39. The maximum Gasteiger partial charge on any atom is 0.322 e. The second-order valence-electron chi connectivity index (χ2n) is 9.26. The largest absolute Gasteiger partial charge is 0.493 e. The highest BCUT2D eigenvalue weighted by Gasteiger charge is 2.29. The van der Waals surface area contributed by atoms with Gasteiger partial charge in [-0.3, -0.25) is 9.59 Å². The van der Waals surface area contributed by atoms with Crippen molar-refractivity contribution in [1.82, 2.24) is 0 Å². The van der Waals surface area contributed by atoms with Crippen LogP contribution in [0.1, 0.15) is 66.0 Å². The van der Waals surface area contributed by atoms with E-state index in [1.807, 2.05) is 6.07 Å². The van der Waals surface area contributed by atoms with Crippen LogP contribution in [-0.4, -0.2) is 32.2 Å². The molecule has 1 aromatic rings. The topological polar surface area (TPSA) is 87.9 Å². The second kappa shape index (κ2) is 8.95. The van der Waals surface area contributed by atoms with Crippen LogP contribution >= 0.6 is 0 Å². The number of methoxy groups -OCH3 is 2. The molecule has 0 fully saturated rings. The van der Waals surface area contributed by atoms with Crippen LogP contribution < -0.4 is 15.2 Å². The Kier molecular flexibility index (Phi) is 7.66. The van der Waals surface area contributed by atoms with E-state index in [1.54, 1.807) is 14.0 Å². The minimum atomic E-state index is -0.884. The Morgan fingerprint density at radius 1 is 1.04 bits per heavy atom. The SMILES string of the molecule is COC(=O)[C@H](N)C(C)CC(=O)Oc1c(OC)cc(C(C)(C)C)cc1C(C)(C)C. The van der Waals surface area contributed by atoms with Gasteiger partial charge in [0.2, 0.25) is 0 Å². The van der Waals surface area contributed by atoms with Crippen LogP contribution in [0.25, 0.3) is 0 Å². The summed E-state index contributed by atoms with van der Waals surface area (Å²) in [5, 5.41) is 0. The van der Waals surface area contributed by atoms with Gasteiger partial charge in [0.15, 0.2) is 11.5 Å². The lowest BCUT2D eigenvalue weighted by atomic mass is 9.80. The third-order valence-electron chi connectivity index (χ3n) is 4.74. The monoisotopic (exact) mass is 393 g/mol. The molecule has 0 heterocycles. The third-order valence-corrected chi connectivity index (χ3v) is 4.74. The average Bonchev–Trinajstić information content (AvgIpc) is 2.58. The lowest BCUT2D eigenvalue weighted by molar-refractivity contribution is -0.144. The Morgan fingerprint density at radius 2 is 1.61 bits per heavy atom. The number of esters is 2. The van der Waals surface area contributed by atoms with Crippen molar-refractivity contribution in [3.63, 3.8) is 0 Å². The van der Waals surface area contributed by atoms with Crippen molar-refractivity contribution in [1.29, 1.82) is 0 Å². The molecule has 28 heavy (non-hydrogen) atoms. The molecule has 6 nitrogen and oxygen atoms in total. The predicted molar refractivity (Wildman–Crippen MR) is 110 cm³/mol. The summed E-state index contributed by atoms with van der Waals surface area (Å²) in [6.45, 7) is 14.2.